The van der Waals surface area contributed by atoms with E-state index in [1.54, 1.807) is 0 Å². The maximum atomic E-state index is 5.36. The van der Waals surface area contributed by atoms with E-state index in [2.05, 4.69) is 322 Å². The van der Waals surface area contributed by atoms with E-state index in [-0.39, 0.29) is 0 Å². The van der Waals surface area contributed by atoms with Crippen LogP contribution in [0.4, 0.5) is 0 Å². The Bertz CT molecular complexity index is 3640. The van der Waals surface area contributed by atoms with Gasteiger partial charge in [-0.2, -0.15) is 0 Å². The first kappa shape index (κ1) is 47.5. The molecule has 0 unspecified atom stereocenters. The van der Waals surface area contributed by atoms with Gasteiger partial charge in [-0.25, -0.2) is 4.98 Å². The van der Waals surface area contributed by atoms with Crippen LogP contribution in [0.3, 0.4) is 0 Å². The van der Waals surface area contributed by atoms with Gasteiger partial charge in [-0.15, -0.1) is 0 Å². The van der Waals surface area contributed by atoms with Gasteiger partial charge in [0.15, 0.2) is 0 Å². The number of hydrogen-bond acceptors (Lipinski definition) is 1. The number of hydrogen-bond donors (Lipinski definition) is 0. The molecule has 0 fully saturated rings. The minimum Gasteiger partial charge on any atom is -0.248 e. The lowest BCUT2D eigenvalue weighted by molar-refractivity contribution is 1.32. The van der Waals surface area contributed by atoms with Crippen molar-refractivity contribution in [1.82, 2.24) is 4.98 Å². The van der Waals surface area contributed by atoms with Gasteiger partial charge in [-0.3, -0.25) is 0 Å². The average Bonchev–Trinajstić information content (AvgIpc) is 3.55. The van der Waals surface area contributed by atoms with Crippen LogP contribution in [0.2, 0.25) is 0 Å². The Morgan fingerprint density at radius 3 is 0.410 bits per heavy atom. The van der Waals surface area contributed by atoms with Crippen molar-refractivity contribution in [2.45, 2.75) is 0 Å². The molecule has 12 aromatic carbocycles. The molecule has 1 aromatic heterocycles. The number of benzene rings is 12. The van der Waals surface area contributed by atoms with E-state index >= 15 is 0 Å². The van der Waals surface area contributed by atoms with Gasteiger partial charge in [0.25, 0.3) is 0 Å². The number of pyridine rings is 1. The first-order valence-corrected chi connectivity index (χ1v) is 26.7. The lowest BCUT2D eigenvalue weighted by atomic mass is 9.95. The molecule has 1 heteroatoms. The monoisotopic (exact) mass is 991 g/mol. The molecule has 0 N–H and O–H groups in total. The fourth-order valence-corrected chi connectivity index (χ4v) is 10.5. The topological polar surface area (TPSA) is 12.9 Å². The predicted molar refractivity (Wildman–Crippen MR) is 329 cm³/mol. The van der Waals surface area contributed by atoms with Gasteiger partial charge >= 0.3 is 0 Å². The molecule has 1 nitrogen and oxygen atoms in total. The van der Waals surface area contributed by atoms with E-state index in [0.717, 1.165) is 44.8 Å². The van der Waals surface area contributed by atoms with Crippen molar-refractivity contribution in [3.8, 4) is 134 Å². The smallest absolute Gasteiger partial charge is 0.0715 e. The number of rotatable bonds is 12. The summed E-state index contributed by atoms with van der Waals surface area (Å²) in [5, 5.41) is 0. The Hall–Kier alpha value is -10.2. The van der Waals surface area contributed by atoms with E-state index in [1.165, 1.54) is 89.0 Å². The summed E-state index contributed by atoms with van der Waals surface area (Å²) in [4.78, 5) is 5.36. The SMILES string of the molecule is c1ccc(-c2ccc(-c3ccc(-c4ccc(-c5cc(-c6ccc(-c7ccc(-c8ccc(-c9ccccc9)cc8)cc7)cc6)nc(-c6ccc(-c7ccc(-c8ccc(-c9ccccc9)cc8)cc7)cc6)c5)cc4)cc3)cc2)cc1. The lowest BCUT2D eigenvalue weighted by Gasteiger charge is -2.13. The second kappa shape index (κ2) is 21.6. The fraction of sp³-hybridized carbons (Fsp3) is 0. The lowest BCUT2D eigenvalue weighted by Crippen LogP contribution is -1.92. The minimum atomic E-state index is 0.927. The van der Waals surface area contributed by atoms with E-state index in [4.69, 9.17) is 4.98 Å². The molecule has 0 aliphatic rings. The molecule has 1 heterocycles. The summed E-state index contributed by atoms with van der Waals surface area (Å²) < 4.78 is 0. The normalized spacial score (nSPS) is 11.1. The van der Waals surface area contributed by atoms with Crippen LogP contribution in [-0.2, 0) is 0 Å². The first-order chi connectivity index (χ1) is 38.6. The Labute approximate surface area is 457 Å². The van der Waals surface area contributed by atoms with Crippen molar-refractivity contribution < 1.29 is 0 Å². The van der Waals surface area contributed by atoms with Gasteiger partial charge in [-0.1, -0.05) is 309 Å². The van der Waals surface area contributed by atoms with E-state index in [0.29, 0.717) is 0 Å². The highest BCUT2D eigenvalue weighted by Crippen LogP contribution is 2.36. The van der Waals surface area contributed by atoms with E-state index < -0.39 is 0 Å². The molecule has 0 bridgehead atoms. The quantitative estimate of drug-likeness (QED) is 0.119. The van der Waals surface area contributed by atoms with Crippen LogP contribution in [0.1, 0.15) is 0 Å². The van der Waals surface area contributed by atoms with Gasteiger partial charge in [0.1, 0.15) is 0 Å². The van der Waals surface area contributed by atoms with Crippen molar-refractivity contribution in [3.05, 3.63) is 322 Å². The molecular weight excluding hydrogens is 939 g/mol. The van der Waals surface area contributed by atoms with Gasteiger partial charge in [-0.05, 0) is 123 Å². The van der Waals surface area contributed by atoms with Crippen LogP contribution in [-0.4, -0.2) is 4.98 Å². The molecule has 0 radical (unpaired) electrons. The molecule has 0 spiro atoms. The van der Waals surface area contributed by atoms with Crippen LogP contribution in [0, 0.1) is 0 Å². The zero-order chi connectivity index (χ0) is 52.0. The molecule has 0 aliphatic heterocycles. The summed E-state index contributed by atoms with van der Waals surface area (Å²) in [6.07, 6.45) is 0. The zero-order valence-corrected chi connectivity index (χ0v) is 43.0. The molecule has 13 rings (SSSR count). The molecule has 0 atom stereocenters. The van der Waals surface area contributed by atoms with Crippen LogP contribution in [0.15, 0.2) is 322 Å². The molecule has 366 valence electrons. The Morgan fingerprint density at radius 2 is 0.244 bits per heavy atom. The average molecular weight is 992 g/mol. The van der Waals surface area contributed by atoms with Crippen molar-refractivity contribution in [1.29, 1.82) is 0 Å². The highest BCUT2D eigenvalue weighted by molar-refractivity contribution is 5.82. The molecule has 0 amide bonds. The third kappa shape index (κ3) is 10.3. The summed E-state index contributed by atoms with van der Waals surface area (Å²) >= 11 is 0. The first-order valence-electron chi connectivity index (χ1n) is 26.7. The van der Waals surface area contributed by atoms with Crippen molar-refractivity contribution in [2.24, 2.45) is 0 Å². The molecule has 0 saturated carbocycles. The maximum absolute atomic E-state index is 5.36. The molecule has 0 saturated heterocycles. The van der Waals surface area contributed by atoms with Gasteiger partial charge in [0.2, 0.25) is 0 Å². The van der Waals surface area contributed by atoms with Gasteiger partial charge < -0.3 is 0 Å². The highest BCUT2D eigenvalue weighted by atomic mass is 14.7. The largest absolute Gasteiger partial charge is 0.248 e. The highest BCUT2D eigenvalue weighted by Gasteiger charge is 2.13. The third-order valence-corrected chi connectivity index (χ3v) is 15.0. The maximum Gasteiger partial charge on any atom is 0.0715 e. The van der Waals surface area contributed by atoms with Crippen LogP contribution < -0.4 is 0 Å². The summed E-state index contributed by atoms with van der Waals surface area (Å²) in [5.74, 6) is 0. The Balaban J connectivity index is 0.765. The summed E-state index contributed by atoms with van der Waals surface area (Å²) in [7, 11) is 0. The number of aromatic nitrogens is 1. The summed E-state index contributed by atoms with van der Waals surface area (Å²) in [6, 6.07) is 116. The standard InChI is InChI=1S/C77H53N/c1-4-10-54(11-5-1)57-16-22-60(23-17-57)63-28-30-66(31-29-63)69-40-42-72(43-41-69)75-52-76(73-48-44-70(45-49-73)67-36-32-64(33-37-67)61-24-18-58(19-25-61)55-12-6-2-7-13-55)78-77(53-75)74-50-46-71(47-51-74)68-38-34-65(35-39-68)62-26-20-59(21-27-62)56-14-8-3-9-15-56/h1-53H. The fourth-order valence-electron chi connectivity index (χ4n) is 10.5. The van der Waals surface area contributed by atoms with Gasteiger partial charge in [0.05, 0.1) is 11.4 Å². The predicted octanol–water partition coefficient (Wildman–Crippen LogP) is 21.1. The molecule has 0 aliphatic carbocycles. The Morgan fingerprint density at radius 1 is 0.115 bits per heavy atom. The Kier molecular flexibility index (Phi) is 13.1. The molecule has 13 aromatic rings. The molecular formula is C77H53N. The zero-order valence-electron chi connectivity index (χ0n) is 43.0. The van der Waals surface area contributed by atoms with Crippen molar-refractivity contribution in [2.75, 3.05) is 0 Å². The van der Waals surface area contributed by atoms with E-state index in [1.807, 2.05) is 0 Å². The van der Waals surface area contributed by atoms with Crippen molar-refractivity contribution in [3.63, 3.8) is 0 Å². The van der Waals surface area contributed by atoms with Crippen LogP contribution in [0.5, 0.6) is 0 Å². The van der Waals surface area contributed by atoms with Crippen molar-refractivity contribution >= 4 is 0 Å². The van der Waals surface area contributed by atoms with Crippen LogP contribution in [0.25, 0.3) is 134 Å². The molecule has 78 heavy (non-hydrogen) atoms. The summed E-state index contributed by atoms with van der Waals surface area (Å²) in [6.45, 7) is 0. The van der Waals surface area contributed by atoms with Gasteiger partial charge in [0, 0.05) is 11.1 Å². The van der Waals surface area contributed by atoms with Crippen LogP contribution >= 0.6 is 0 Å². The minimum absolute atomic E-state index is 0.927. The van der Waals surface area contributed by atoms with E-state index in [9.17, 15) is 0 Å². The second-order valence-electron chi connectivity index (χ2n) is 19.9. The second-order valence-corrected chi connectivity index (χ2v) is 19.9. The summed E-state index contributed by atoms with van der Waals surface area (Å²) in [5.41, 5.74) is 27.8. The third-order valence-electron chi connectivity index (χ3n) is 15.0. The number of nitrogens with zero attached hydrogens (tertiary/aromatic N) is 1.